The Kier molecular flexibility index (Phi) is 52.3. The molecular weight excluding hydrogens is 805 g/mol. The van der Waals surface area contributed by atoms with Crippen LogP contribution in [0.15, 0.2) is 36.5 Å². The normalized spacial score (nSPS) is 12.2. The van der Waals surface area contributed by atoms with Crippen LogP contribution in [-0.4, -0.2) is 37.2 Å². The highest BCUT2D eigenvalue weighted by Gasteiger charge is 2.19. The van der Waals surface area contributed by atoms with Gasteiger partial charge >= 0.3 is 17.9 Å². The number of carbonyl (C=O) groups is 3. The molecule has 6 nitrogen and oxygen atoms in total. The van der Waals surface area contributed by atoms with Crippen molar-refractivity contribution in [3.8, 4) is 0 Å². The third-order valence-corrected chi connectivity index (χ3v) is 12.6. The summed E-state index contributed by atoms with van der Waals surface area (Å²) in [4.78, 5) is 38.1. The third-order valence-electron chi connectivity index (χ3n) is 12.6. The van der Waals surface area contributed by atoms with E-state index in [1.165, 1.54) is 199 Å². The van der Waals surface area contributed by atoms with Crippen LogP contribution in [0.4, 0.5) is 0 Å². The maximum atomic E-state index is 12.8. The maximum absolute atomic E-state index is 12.8. The van der Waals surface area contributed by atoms with Gasteiger partial charge in [-0.1, -0.05) is 224 Å². The zero-order valence-electron chi connectivity index (χ0n) is 43.5. The fraction of sp³-hybridized carbons (Fsp3) is 0.847. The summed E-state index contributed by atoms with van der Waals surface area (Å²) in [6, 6.07) is 0. The molecule has 1 atom stereocenters. The minimum atomic E-state index is -0.776. The average molecular weight is 914 g/mol. The van der Waals surface area contributed by atoms with Crippen molar-refractivity contribution in [2.45, 2.75) is 309 Å². The molecule has 65 heavy (non-hydrogen) atoms. The molecule has 0 fully saturated rings. The lowest BCUT2D eigenvalue weighted by molar-refractivity contribution is -0.167. The molecule has 0 aliphatic carbocycles. The Morgan fingerprint density at radius 3 is 0.785 bits per heavy atom. The van der Waals surface area contributed by atoms with Crippen LogP contribution < -0.4 is 0 Å². The molecule has 0 bridgehead atoms. The molecule has 0 aromatic heterocycles. The van der Waals surface area contributed by atoms with Crippen LogP contribution in [0.2, 0.25) is 0 Å². The van der Waals surface area contributed by atoms with E-state index in [0.29, 0.717) is 19.3 Å². The molecule has 0 saturated heterocycles. The molecular formula is C59H108O6. The summed E-state index contributed by atoms with van der Waals surface area (Å²) in [6.07, 6.45) is 64.1. The highest BCUT2D eigenvalue weighted by atomic mass is 16.6. The Bertz CT molecular complexity index is 1090. The van der Waals surface area contributed by atoms with Crippen molar-refractivity contribution >= 4 is 17.9 Å². The largest absolute Gasteiger partial charge is 0.462 e. The van der Waals surface area contributed by atoms with Gasteiger partial charge in [0, 0.05) is 19.3 Å². The summed E-state index contributed by atoms with van der Waals surface area (Å²) in [5.74, 6) is -0.877. The first-order valence-electron chi connectivity index (χ1n) is 28.5. The van der Waals surface area contributed by atoms with Gasteiger partial charge in [-0.3, -0.25) is 14.4 Å². The molecule has 0 N–H and O–H groups in total. The van der Waals surface area contributed by atoms with E-state index in [0.717, 1.165) is 64.2 Å². The number of unbranched alkanes of at least 4 members (excludes halogenated alkanes) is 35. The molecule has 6 heteroatoms. The average Bonchev–Trinajstić information content (AvgIpc) is 3.30. The SMILES string of the molecule is CCCCCC/C=C\CCCCCCCCCC(=O)O[C@@H](COC(=O)CCCCCCC/C=C\CCCCCC)COC(=O)CCCCCCCCCCC/C=C\CCCCCCCC. The lowest BCUT2D eigenvalue weighted by Gasteiger charge is -2.18. The van der Waals surface area contributed by atoms with Crippen molar-refractivity contribution in [2.75, 3.05) is 13.2 Å². The second kappa shape index (κ2) is 54.2. The Morgan fingerprint density at radius 2 is 0.508 bits per heavy atom. The van der Waals surface area contributed by atoms with Gasteiger partial charge in [0.05, 0.1) is 0 Å². The van der Waals surface area contributed by atoms with Crippen molar-refractivity contribution in [1.29, 1.82) is 0 Å². The monoisotopic (exact) mass is 913 g/mol. The van der Waals surface area contributed by atoms with E-state index in [1.807, 2.05) is 0 Å². The van der Waals surface area contributed by atoms with Crippen LogP contribution in [-0.2, 0) is 28.6 Å². The standard InChI is InChI=1S/C59H108O6/c1-4-7-10-13-16-19-22-25-27-28-29-30-32-34-37-40-43-46-49-52-58(61)64-55-56(54-63-57(60)51-48-45-42-39-36-33-24-21-18-15-12-9-6-3)65-59(62)53-50-47-44-41-38-35-31-26-23-20-17-14-11-8-5-2/h20-21,23-25,27,56H,4-19,22,26,28-55H2,1-3H3/b23-20-,24-21-,27-25-/t56-/m0/s1. The molecule has 0 aromatic carbocycles. The summed E-state index contributed by atoms with van der Waals surface area (Å²) >= 11 is 0. The third kappa shape index (κ3) is 52.5. The van der Waals surface area contributed by atoms with Crippen molar-refractivity contribution < 1.29 is 28.6 Å². The lowest BCUT2D eigenvalue weighted by Crippen LogP contribution is -2.30. The molecule has 0 rings (SSSR count). The number of hydrogen-bond acceptors (Lipinski definition) is 6. The molecule has 0 unspecified atom stereocenters. The zero-order valence-corrected chi connectivity index (χ0v) is 43.5. The second-order valence-electron chi connectivity index (χ2n) is 19.2. The van der Waals surface area contributed by atoms with E-state index >= 15 is 0 Å². The minimum Gasteiger partial charge on any atom is -0.462 e. The second-order valence-corrected chi connectivity index (χ2v) is 19.2. The summed E-state index contributed by atoms with van der Waals surface area (Å²) in [7, 11) is 0. The highest BCUT2D eigenvalue weighted by molar-refractivity contribution is 5.71. The predicted octanol–water partition coefficient (Wildman–Crippen LogP) is 18.9. The number of allylic oxidation sites excluding steroid dienone is 6. The van der Waals surface area contributed by atoms with E-state index in [-0.39, 0.29) is 31.1 Å². The van der Waals surface area contributed by atoms with Crippen LogP contribution >= 0.6 is 0 Å². The van der Waals surface area contributed by atoms with Gasteiger partial charge in [0.2, 0.25) is 0 Å². The molecule has 0 aromatic rings. The first kappa shape index (κ1) is 62.6. The van der Waals surface area contributed by atoms with Crippen LogP contribution in [0.3, 0.4) is 0 Å². The van der Waals surface area contributed by atoms with Gasteiger partial charge in [-0.15, -0.1) is 0 Å². The van der Waals surface area contributed by atoms with Gasteiger partial charge in [0.1, 0.15) is 13.2 Å². The molecule has 0 amide bonds. The van der Waals surface area contributed by atoms with Crippen LogP contribution in [0.25, 0.3) is 0 Å². The van der Waals surface area contributed by atoms with Crippen molar-refractivity contribution in [1.82, 2.24) is 0 Å². The van der Waals surface area contributed by atoms with Gasteiger partial charge in [0.15, 0.2) is 6.10 Å². The fourth-order valence-corrected chi connectivity index (χ4v) is 8.25. The summed E-state index contributed by atoms with van der Waals surface area (Å²) in [6.45, 7) is 6.63. The maximum Gasteiger partial charge on any atom is 0.306 e. The molecule has 0 aliphatic heterocycles. The Balaban J connectivity index is 4.33. The number of ether oxygens (including phenoxy) is 3. The van der Waals surface area contributed by atoms with Gasteiger partial charge in [0.25, 0.3) is 0 Å². The quantitative estimate of drug-likeness (QED) is 0.0262. The van der Waals surface area contributed by atoms with E-state index in [4.69, 9.17) is 14.2 Å². The number of hydrogen-bond donors (Lipinski definition) is 0. The van der Waals surface area contributed by atoms with Gasteiger partial charge < -0.3 is 14.2 Å². The molecule has 380 valence electrons. The molecule has 0 saturated carbocycles. The van der Waals surface area contributed by atoms with Crippen molar-refractivity contribution in [3.63, 3.8) is 0 Å². The minimum absolute atomic E-state index is 0.0754. The topological polar surface area (TPSA) is 78.9 Å². The van der Waals surface area contributed by atoms with E-state index in [2.05, 4.69) is 57.2 Å². The van der Waals surface area contributed by atoms with Crippen molar-refractivity contribution in [2.24, 2.45) is 0 Å². The summed E-state index contributed by atoms with van der Waals surface area (Å²) in [5, 5.41) is 0. The van der Waals surface area contributed by atoms with Crippen LogP contribution in [0.1, 0.15) is 303 Å². The summed E-state index contributed by atoms with van der Waals surface area (Å²) < 4.78 is 16.9. The Labute approximate surface area is 404 Å². The first-order chi connectivity index (χ1) is 32.0. The Morgan fingerprint density at radius 1 is 0.292 bits per heavy atom. The predicted molar refractivity (Wildman–Crippen MR) is 279 cm³/mol. The number of carbonyl (C=O) groups excluding carboxylic acids is 3. The number of rotatable bonds is 52. The summed E-state index contributed by atoms with van der Waals surface area (Å²) in [5.41, 5.74) is 0. The van der Waals surface area contributed by atoms with Gasteiger partial charge in [-0.2, -0.15) is 0 Å². The van der Waals surface area contributed by atoms with Crippen LogP contribution in [0, 0.1) is 0 Å². The van der Waals surface area contributed by atoms with Crippen molar-refractivity contribution in [3.05, 3.63) is 36.5 Å². The van der Waals surface area contributed by atoms with Gasteiger partial charge in [-0.05, 0) is 96.3 Å². The smallest absolute Gasteiger partial charge is 0.306 e. The van der Waals surface area contributed by atoms with E-state index in [9.17, 15) is 14.4 Å². The van der Waals surface area contributed by atoms with Gasteiger partial charge in [-0.25, -0.2) is 0 Å². The first-order valence-corrected chi connectivity index (χ1v) is 28.5. The fourth-order valence-electron chi connectivity index (χ4n) is 8.25. The highest BCUT2D eigenvalue weighted by Crippen LogP contribution is 2.16. The Hall–Kier alpha value is -2.37. The molecule has 0 heterocycles. The van der Waals surface area contributed by atoms with Crippen LogP contribution in [0.5, 0.6) is 0 Å². The molecule has 0 aliphatic rings. The zero-order chi connectivity index (χ0) is 47.2. The van der Waals surface area contributed by atoms with E-state index < -0.39 is 6.10 Å². The van der Waals surface area contributed by atoms with E-state index in [1.54, 1.807) is 0 Å². The lowest BCUT2D eigenvalue weighted by atomic mass is 10.1. The number of esters is 3. The molecule has 0 radical (unpaired) electrons. The molecule has 0 spiro atoms.